The molecule has 0 aromatic carbocycles. The molecule has 0 amide bonds. The van der Waals surface area contributed by atoms with Crippen LogP contribution in [0.15, 0.2) is 0 Å². The zero-order valence-electron chi connectivity index (χ0n) is 11.0. The largest absolute Gasteiger partial charge is 0.315 e. The maximum absolute atomic E-state index is 3.52. The Labute approximate surface area is 95.4 Å². The molecule has 15 heavy (non-hydrogen) atoms. The van der Waals surface area contributed by atoms with Gasteiger partial charge < -0.3 is 10.2 Å². The second-order valence-electron chi connectivity index (χ2n) is 6.27. The molecule has 0 unspecified atom stereocenters. The van der Waals surface area contributed by atoms with E-state index in [4.69, 9.17) is 0 Å². The molecule has 0 saturated heterocycles. The van der Waals surface area contributed by atoms with Crippen molar-refractivity contribution in [2.24, 2.45) is 11.3 Å². The second kappa shape index (κ2) is 5.86. The minimum atomic E-state index is 0.465. The maximum atomic E-state index is 3.52. The molecule has 1 fully saturated rings. The van der Waals surface area contributed by atoms with Crippen LogP contribution in [-0.2, 0) is 0 Å². The third-order valence-electron chi connectivity index (χ3n) is 2.99. The van der Waals surface area contributed by atoms with Gasteiger partial charge in [0.25, 0.3) is 0 Å². The van der Waals surface area contributed by atoms with Crippen molar-refractivity contribution >= 4 is 0 Å². The zero-order chi connectivity index (χ0) is 11.3. The smallest absolute Gasteiger partial charge is 0.0104 e. The van der Waals surface area contributed by atoms with E-state index < -0.39 is 0 Å². The van der Waals surface area contributed by atoms with Crippen LogP contribution in [0.1, 0.15) is 40.0 Å². The Hall–Kier alpha value is -0.0800. The Bertz CT molecular complexity index is 168. The van der Waals surface area contributed by atoms with Crippen molar-refractivity contribution in [3.05, 3.63) is 0 Å². The Morgan fingerprint density at radius 3 is 2.40 bits per heavy atom. The van der Waals surface area contributed by atoms with Crippen LogP contribution in [0.3, 0.4) is 0 Å². The molecule has 1 aliphatic rings. The van der Waals surface area contributed by atoms with Crippen LogP contribution in [0.2, 0.25) is 0 Å². The Balaban J connectivity index is 1.87. The first-order chi connectivity index (χ1) is 6.97. The van der Waals surface area contributed by atoms with Gasteiger partial charge in [0.2, 0.25) is 0 Å². The van der Waals surface area contributed by atoms with Crippen LogP contribution in [0.4, 0.5) is 0 Å². The predicted octanol–water partition coefficient (Wildman–Crippen LogP) is 2.35. The van der Waals surface area contributed by atoms with Gasteiger partial charge in [0.05, 0.1) is 0 Å². The minimum Gasteiger partial charge on any atom is -0.315 e. The van der Waals surface area contributed by atoms with Crippen molar-refractivity contribution in [1.82, 2.24) is 10.2 Å². The van der Waals surface area contributed by atoms with Crippen LogP contribution in [0.5, 0.6) is 0 Å². The Morgan fingerprint density at radius 2 is 1.87 bits per heavy atom. The van der Waals surface area contributed by atoms with Crippen molar-refractivity contribution in [3.63, 3.8) is 0 Å². The highest BCUT2D eigenvalue weighted by atomic mass is 15.1. The lowest BCUT2D eigenvalue weighted by Crippen LogP contribution is -2.32. The summed E-state index contributed by atoms with van der Waals surface area (Å²) in [5.41, 5.74) is 0.465. The number of hydrogen-bond donors (Lipinski definition) is 1. The van der Waals surface area contributed by atoms with Crippen LogP contribution in [0.25, 0.3) is 0 Å². The Morgan fingerprint density at radius 1 is 1.20 bits per heavy atom. The van der Waals surface area contributed by atoms with Gasteiger partial charge in [0.1, 0.15) is 0 Å². The van der Waals surface area contributed by atoms with Crippen molar-refractivity contribution < 1.29 is 0 Å². The van der Waals surface area contributed by atoms with E-state index in [2.05, 4.69) is 38.0 Å². The molecule has 0 bridgehead atoms. The first-order valence-corrected chi connectivity index (χ1v) is 6.37. The fraction of sp³-hybridized carbons (Fsp3) is 1.00. The molecular formula is C13H28N2. The predicted molar refractivity (Wildman–Crippen MR) is 67.2 cm³/mol. The molecule has 0 heterocycles. The average molecular weight is 212 g/mol. The van der Waals surface area contributed by atoms with E-state index >= 15 is 0 Å². The summed E-state index contributed by atoms with van der Waals surface area (Å²) in [5.74, 6) is 1.02. The average Bonchev–Trinajstić information content (AvgIpc) is 2.85. The van der Waals surface area contributed by atoms with E-state index in [1.807, 2.05) is 0 Å². The summed E-state index contributed by atoms with van der Waals surface area (Å²) in [6.45, 7) is 11.7. The Kier molecular flexibility index (Phi) is 5.07. The molecule has 0 aliphatic heterocycles. The monoisotopic (exact) mass is 212 g/mol. The maximum Gasteiger partial charge on any atom is 0.0104 e. The van der Waals surface area contributed by atoms with E-state index in [1.54, 1.807) is 0 Å². The van der Waals surface area contributed by atoms with Gasteiger partial charge in [-0.2, -0.15) is 0 Å². The number of nitrogens with one attached hydrogen (secondary N) is 1. The molecule has 1 rings (SSSR count). The van der Waals surface area contributed by atoms with Gasteiger partial charge in [-0.1, -0.05) is 20.8 Å². The summed E-state index contributed by atoms with van der Waals surface area (Å²) in [6.07, 6.45) is 4.18. The summed E-state index contributed by atoms with van der Waals surface area (Å²) in [4.78, 5) is 2.46. The highest BCUT2D eigenvalue weighted by molar-refractivity contribution is 4.76. The number of rotatable bonds is 7. The van der Waals surface area contributed by atoms with Crippen LogP contribution >= 0.6 is 0 Å². The fourth-order valence-corrected chi connectivity index (χ4v) is 1.69. The third kappa shape index (κ3) is 7.80. The summed E-state index contributed by atoms with van der Waals surface area (Å²) < 4.78 is 0. The molecule has 1 saturated carbocycles. The van der Waals surface area contributed by atoms with Crippen molar-refractivity contribution in [2.75, 3.05) is 33.2 Å². The van der Waals surface area contributed by atoms with Gasteiger partial charge in [-0.3, -0.25) is 0 Å². The summed E-state index contributed by atoms with van der Waals surface area (Å²) >= 11 is 0. The molecule has 90 valence electrons. The fourth-order valence-electron chi connectivity index (χ4n) is 1.69. The van der Waals surface area contributed by atoms with Crippen LogP contribution in [0, 0.1) is 11.3 Å². The highest BCUT2D eigenvalue weighted by Crippen LogP contribution is 2.29. The van der Waals surface area contributed by atoms with E-state index in [-0.39, 0.29) is 0 Å². The van der Waals surface area contributed by atoms with E-state index in [0.29, 0.717) is 5.41 Å². The SMILES string of the molecule is CN(CCNCCC(C)(C)C)CC1CC1. The summed E-state index contributed by atoms with van der Waals surface area (Å²) in [7, 11) is 2.24. The van der Waals surface area contributed by atoms with E-state index in [0.717, 1.165) is 19.0 Å². The molecule has 2 heteroatoms. The van der Waals surface area contributed by atoms with Gasteiger partial charge in [-0.05, 0) is 44.2 Å². The summed E-state index contributed by atoms with van der Waals surface area (Å²) in [5, 5.41) is 3.52. The van der Waals surface area contributed by atoms with Gasteiger partial charge in [-0.25, -0.2) is 0 Å². The molecule has 0 aromatic rings. The standard InChI is InChI=1S/C13H28N2/c1-13(2,3)7-8-14-9-10-15(4)11-12-5-6-12/h12,14H,5-11H2,1-4H3. The van der Waals surface area contributed by atoms with E-state index in [1.165, 1.54) is 32.4 Å². The normalized spacial score (nSPS) is 17.4. The lowest BCUT2D eigenvalue weighted by Gasteiger charge is -2.20. The second-order valence-corrected chi connectivity index (χ2v) is 6.27. The van der Waals surface area contributed by atoms with Gasteiger partial charge in [0.15, 0.2) is 0 Å². The molecule has 0 spiro atoms. The third-order valence-corrected chi connectivity index (χ3v) is 2.99. The minimum absolute atomic E-state index is 0.465. The lowest BCUT2D eigenvalue weighted by molar-refractivity contribution is 0.310. The molecule has 1 N–H and O–H groups in total. The number of nitrogens with zero attached hydrogens (tertiary/aromatic N) is 1. The van der Waals surface area contributed by atoms with Gasteiger partial charge in [-0.15, -0.1) is 0 Å². The molecule has 1 aliphatic carbocycles. The van der Waals surface area contributed by atoms with Gasteiger partial charge >= 0.3 is 0 Å². The van der Waals surface area contributed by atoms with Gasteiger partial charge in [0, 0.05) is 19.6 Å². The topological polar surface area (TPSA) is 15.3 Å². The van der Waals surface area contributed by atoms with Crippen LogP contribution in [-0.4, -0.2) is 38.1 Å². The molecule has 0 atom stereocenters. The van der Waals surface area contributed by atoms with Crippen molar-refractivity contribution in [1.29, 1.82) is 0 Å². The molecule has 2 nitrogen and oxygen atoms in total. The van der Waals surface area contributed by atoms with E-state index in [9.17, 15) is 0 Å². The number of hydrogen-bond acceptors (Lipinski definition) is 2. The zero-order valence-corrected chi connectivity index (χ0v) is 11.0. The van der Waals surface area contributed by atoms with Crippen LogP contribution < -0.4 is 5.32 Å². The van der Waals surface area contributed by atoms with Crippen molar-refractivity contribution in [3.8, 4) is 0 Å². The molecule has 0 aromatic heterocycles. The first kappa shape index (κ1) is 13.0. The molecule has 0 radical (unpaired) electrons. The lowest BCUT2D eigenvalue weighted by atomic mass is 9.92. The quantitative estimate of drug-likeness (QED) is 0.652. The highest BCUT2D eigenvalue weighted by Gasteiger charge is 2.22. The van der Waals surface area contributed by atoms with Crippen molar-refractivity contribution in [2.45, 2.75) is 40.0 Å². The first-order valence-electron chi connectivity index (χ1n) is 6.37. The molecular weight excluding hydrogens is 184 g/mol. The summed E-state index contributed by atoms with van der Waals surface area (Å²) in [6, 6.07) is 0. The number of likely N-dealkylation sites (N-methyl/N-ethyl adjacent to an activating group) is 1.